The molecule has 1 N–H and O–H groups in total. The summed E-state index contributed by atoms with van der Waals surface area (Å²) in [7, 11) is -1.95. The fourth-order valence-corrected chi connectivity index (χ4v) is 17.4. The highest BCUT2D eigenvalue weighted by molar-refractivity contribution is 6.73. The van der Waals surface area contributed by atoms with Crippen molar-refractivity contribution in [1.29, 1.82) is 0 Å². The van der Waals surface area contributed by atoms with Crippen LogP contribution in [0, 0.1) is 50.7 Å². The van der Waals surface area contributed by atoms with E-state index in [4.69, 9.17) is 18.6 Å². The number of aliphatic hydroxyl groups is 1. The third kappa shape index (κ3) is 4.75. The molecule has 7 aliphatic rings. The molecule has 7 fully saturated rings. The molecule has 5 aliphatic carbocycles. The summed E-state index contributed by atoms with van der Waals surface area (Å²) in [4.78, 5) is 0. The van der Waals surface area contributed by atoms with Crippen LogP contribution in [0.2, 0.25) is 18.1 Å². The zero-order valence-corrected chi connectivity index (χ0v) is 32.7. The van der Waals surface area contributed by atoms with Gasteiger partial charge in [-0.1, -0.05) is 62.0 Å². The summed E-state index contributed by atoms with van der Waals surface area (Å²) in [5.74, 6) is 2.32. The molecule has 2 unspecified atom stereocenters. The Morgan fingerprint density at radius 2 is 1.62 bits per heavy atom. The molecule has 0 bridgehead atoms. The second-order valence-electron chi connectivity index (χ2n) is 19.1. The Bertz CT molecular complexity index is 1190. The van der Waals surface area contributed by atoms with Crippen LogP contribution in [0.4, 0.5) is 0 Å². The first kappa shape index (κ1) is 35.2. The van der Waals surface area contributed by atoms with Gasteiger partial charge in [0.2, 0.25) is 0 Å². The van der Waals surface area contributed by atoms with Crippen LogP contribution in [-0.2, 0) is 18.6 Å². The summed E-state index contributed by atoms with van der Waals surface area (Å²) < 4.78 is 28.0. The van der Waals surface area contributed by atoms with E-state index in [1.807, 2.05) is 6.92 Å². The van der Waals surface area contributed by atoms with Crippen molar-refractivity contribution in [3.05, 3.63) is 12.2 Å². The molecule has 2 saturated heterocycles. The first-order chi connectivity index (χ1) is 22.2. The summed E-state index contributed by atoms with van der Waals surface area (Å²) in [6.45, 7) is 27.0. The van der Waals surface area contributed by atoms with Gasteiger partial charge in [-0.3, -0.25) is 0 Å². The predicted octanol–water partition coefficient (Wildman–Crippen LogP) is 9.68. The van der Waals surface area contributed by atoms with E-state index < -0.39 is 14.4 Å². The minimum atomic E-state index is -1.95. The molecule has 268 valence electrons. The Labute approximate surface area is 288 Å². The predicted molar refractivity (Wildman–Crippen MR) is 191 cm³/mol. The zero-order chi connectivity index (χ0) is 33.8. The van der Waals surface area contributed by atoms with Crippen LogP contribution >= 0.6 is 0 Å². The van der Waals surface area contributed by atoms with Crippen molar-refractivity contribution in [2.75, 3.05) is 6.61 Å². The van der Waals surface area contributed by atoms with E-state index in [1.165, 1.54) is 57.8 Å². The second kappa shape index (κ2) is 11.9. The van der Waals surface area contributed by atoms with Gasteiger partial charge in [-0.15, -0.1) is 0 Å². The van der Waals surface area contributed by atoms with Gasteiger partial charge in [0.1, 0.15) is 6.10 Å². The first-order valence-corrected chi connectivity index (χ1v) is 22.7. The number of fused-ring (bicyclic) bond motifs is 4. The summed E-state index contributed by atoms with van der Waals surface area (Å²) in [6.07, 6.45) is 13.2. The highest BCUT2D eigenvalue weighted by atomic mass is 28.4. The lowest BCUT2D eigenvalue weighted by atomic mass is 9.41. The molecular formula is C41H70O5Si. The molecule has 5 saturated carbocycles. The van der Waals surface area contributed by atoms with E-state index in [0.717, 1.165) is 43.2 Å². The van der Waals surface area contributed by atoms with Crippen LogP contribution in [0.15, 0.2) is 12.2 Å². The standard InChI is InChI=1S/C41H70O5Si/c1-11-47(12-2,13-3)46-36-35-33(27(6)24-28(44-35)34(42)26(4)5)38(9)21-22-41-25-40(41)20-19-31(45-32-16-14-15-23-43-32)37(7,8)29(40)17-18-30(41)39(36,38)10/h27-36,42H,4,11-25H2,1-3,5-10H3/t27-,28-,29+,30+,31?,32+,33+,34-,35+,36+,38-,39-,40?,41+/m1/s1. The highest BCUT2D eigenvalue weighted by Gasteiger charge is 2.85. The van der Waals surface area contributed by atoms with Gasteiger partial charge in [0, 0.05) is 12.0 Å². The molecule has 2 aliphatic heterocycles. The molecular weight excluding hydrogens is 601 g/mol. The van der Waals surface area contributed by atoms with Crippen molar-refractivity contribution < 1.29 is 23.7 Å². The van der Waals surface area contributed by atoms with Gasteiger partial charge in [0.15, 0.2) is 14.6 Å². The van der Waals surface area contributed by atoms with E-state index in [1.54, 1.807) is 0 Å². The molecule has 47 heavy (non-hydrogen) atoms. The van der Waals surface area contributed by atoms with Crippen molar-refractivity contribution in [3.63, 3.8) is 0 Å². The number of ether oxygens (including phenoxy) is 3. The number of rotatable bonds is 9. The third-order valence-electron chi connectivity index (χ3n) is 17.4. The van der Waals surface area contributed by atoms with Crippen LogP contribution in [-0.4, -0.2) is 56.8 Å². The van der Waals surface area contributed by atoms with Gasteiger partial charge < -0.3 is 23.7 Å². The molecule has 0 aromatic carbocycles. The molecule has 0 aromatic heterocycles. The Morgan fingerprint density at radius 1 is 0.936 bits per heavy atom. The van der Waals surface area contributed by atoms with Crippen molar-refractivity contribution in [2.45, 2.75) is 188 Å². The molecule has 2 heterocycles. The molecule has 2 spiro atoms. The summed E-state index contributed by atoms with van der Waals surface area (Å²) >= 11 is 0. The molecule has 7 rings (SSSR count). The number of aliphatic hydroxyl groups excluding tert-OH is 1. The average Bonchev–Trinajstić information content (AvgIpc) is 3.68. The lowest BCUT2D eigenvalue weighted by Gasteiger charge is -2.64. The van der Waals surface area contributed by atoms with E-state index in [9.17, 15) is 5.11 Å². The molecule has 0 amide bonds. The van der Waals surface area contributed by atoms with Crippen LogP contribution < -0.4 is 0 Å². The van der Waals surface area contributed by atoms with Gasteiger partial charge >= 0.3 is 0 Å². The SMILES string of the molecule is C=C(C)[C@@H](O)[C@H]1C[C@@H](C)[C@H]2[C@H](O1)[C@H](O[Si](CC)(CC)CC)[C@@]1(C)[C@@H]3CC[C@H]4C(C)(C)C(O[C@H]5CCCCO5)CCC45C[C@@]35CC[C@]21C. The topological polar surface area (TPSA) is 57.2 Å². The van der Waals surface area contributed by atoms with Gasteiger partial charge in [-0.05, 0) is 147 Å². The maximum atomic E-state index is 11.3. The van der Waals surface area contributed by atoms with Crippen LogP contribution in [0.25, 0.3) is 0 Å². The Hall–Kier alpha value is -0.243. The van der Waals surface area contributed by atoms with Crippen molar-refractivity contribution in [3.8, 4) is 0 Å². The van der Waals surface area contributed by atoms with E-state index in [2.05, 4.69) is 62.0 Å². The molecule has 14 atom stereocenters. The highest BCUT2D eigenvalue weighted by Crippen LogP contribution is 2.89. The number of hydrogen-bond donors (Lipinski definition) is 1. The summed E-state index contributed by atoms with van der Waals surface area (Å²) in [5, 5.41) is 11.3. The van der Waals surface area contributed by atoms with Gasteiger partial charge in [0.25, 0.3) is 0 Å². The van der Waals surface area contributed by atoms with Crippen LogP contribution in [0.1, 0.15) is 133 Å². The smallest absolute Gasteiger partial charge is 0.192 e. The quantitative estimate of drug-likeness (QED) is 0.150. The van der Waals surface area contributed by atoms with E-state index in [-0.39, 0.29) is 40.8 Å². The normalized spacial score (nSPS) is 50.7. The molecule has 5 nitrogen and oxygen atoms in total. The minimum absolute atomic E-state index is 0.00467. The van der Waals surface area contributed by atoms with Gasteiger partial charge in [-0.25, -0.2) is 0 Å². The zero-order valence-electron chi connectivity index (χ0n) is 31.7. The minimum Gasteiger partial charge on any atom is -0.411 e. The Kier molecular flexibility index (Phi) is 8.91. The second-order valence-corrected chi connectivity index (χ2v) is 23.8. The van der Waals surface area contributed by atoms with Crippen molar-refractivity contribution in [1.82, 2.24) is 0 Å². The summed E-state index contributed by atoms with van der Waals surface area (Å²) in [5.41, 5.74) is 2.05. The van der Waals surface area contributed by atoms with E-state index >= 15 is 0 Å². The lowest BCUT2D eigenvalue weighted by Crippen LogP contribution is -2.61. The third-order valence-corrected chi connectivity index (χ3v) is 22.0. The fourth-order valence-electron chi connectivity index (χ4n) is 14.5. The lowest BCUT2D eigenvalue weighted by molar-refractivity contribution is -0.242. The van der Waals surface area contributed by atoms with Crippen molar-refractivity contribution in [2.24, 2.45) is 50.7 Å². The van der Waals surface area contributed by atoms with Gasteiger partial charge in [-0.2, -0.15) is 0 Å². The molecule has 6 heteroatoms. The monoisotopic (exact) mass is 670 g/mol. The van der Waals surface area contributed by atoms with Crippen molar-refractivity contribution >= 4 is 8.32 Å². The fraction of sp³-hybridized carbons (Fsp3) is 0.951. The molecule has 0 radical (unpaired) electrons. The first-order valence-electron chi connectivity index (χ1n) is 20.1. The molecule has 0 aromatic rings. The van der Waals surface area contributed by atoms with Gasteiger partial charge in [0.05, 0.1) is 24.4 Å². The van der Waals surface area contributed by atoms with E-state index in [0.29, 0.717) is 40.6 Å². The maximum absolute atomic E-state index is 11.3. The Morgan fingerprint density at radius 3 is 2.26 bits per heavy atom. The van der Waals surface area contributed by atoms with Crippen LogP contribution in [0.5, 0.6) is 0 Å². The Balaban J connectivity index is 1.25. The van der Waals surface area contributed by atoms with Crippen LogP contribution in [0.3, 0.4) is 0 Å². The average molecular weight is 671 g/mol. The maximum Gasteiger partial charge on any atom is 0.192 e. The summed E-state index contributed by atoms with van der Waals surface area (Å²) in [6, 6.07) is 3.49. The number of hydrogen-bond acceptors (Lipinski definition) is 5. The largest absolute Gasteiger partial charge is 0.411 e.